The van der Waals surface area contributed by atoms with Gasteiger partial charge in [0.05, 0.1) is 23.4 Å². The molecule has 3 amide bonds. The highest BCUT2D eigenvalue weighted by molar-refractivity contribution is 6.22. The molecule has 0 spiro atoms. The molecule has 1 aliphatic heterocycles. The summed E-state index contributed by atoms with van der Waals surface area (Å²) < 4.78 is 1.92. The van der Waals surface area contributed by atoms with Crippen molar-refractivity contribution in [1.29, 1.82) is 0 Å². The van der Waals surface area contributed by atoms with Gasteiger partial charge >= 0.3 is 0 Å². The van der Waals surface area contributed by atoms with Crippen LogP contribution in [0.2, 0.25) is 0 Å². The van der Waals surface area contributed by atoms with Crippen LogP contribution in [0.15, 0.2) is 48.5 Å². The molecule has 4 rings (SSSR count). The van der Waals surface area contributed by atoms with E-state index in [4.69, 9.17) is 0 Å². The normalized spacial score (nSPS) is 12.9. The highest BCUT2D eigenvalue weighted by Crippen LogP contribution is 2.23. The number of aromatic nitrogens is 2. The first-order chi connectivity index (χ1) is 14.8. The fraction of sp³-hybridized carbons (Fsp3) is 0.250. The SMILES string of the molecule is Cc1ccc2c(c1)C(=O)N(CC(=O)NCc1c(C)nn(Cc3ccccc3)c1C)C2=O. The zero-order valence-corrected chi connectivity index (χ0v) is 17.8. The third kappa shape index (κ3) is 3.99. The summed E-state index contributed by atoms with van der Waals surface area (Å²) in [7, 11) is 0. The molecule has 1 aromatic heterocycles. The molecule has 0 saturated heterocycles. The lowest BCUT2D eigenvalue weighted by Crippen LogP contribution is -2.40. The Balaban J connectivity index is 1.41. The number of nitrogens with zero attached hydrogens (tertiary/aromatic N) is 3. The number of hydrogen-bond acceptors (Lipinski definition) is 4. The van der Waals surface area contributed by atoms with Crippen LogP contribution >= 0.6 is 0 Å². The molecule has 7 nitrogen and oxygen atoms in total. The van der Waals surface area contributed by atoms with Crippen molar-refractivity contribution < 1.29 is 14.4 Å². The molecule has 3 aromatic rings. The zero-order chi connectivity index (χ0) is 22.1. The Morgan fingerprint density at radius 2 is 1.68 bits per heavy atom. The molecule has 0 unspecified atom stereocenters. The molecule has 0 saturated carbocycles. The van der Waals surface area contributed by atoms with Crippen LogP contribution in [0, 0.1) is 20.8 Å². The lowest BCUT2D eigenvalue weighted by atomic mass is 10.1. The molecule has 31 heavy (non-hydrogen) atoms. The molecule has 0 radical (unpaired) electrons. The molecular formula is C24H24N4O3. The van der Waals surface area contributed by atoms with Gasteiger partial charge in [0.2, 0.25) is 5.91 Å². The molecule has 0 fully saturated rings. The average Bonchev–Trinajstić information content (AvgIpc) is 3.14. The minimum absolute atomic E-state index is 0.285. The van der Waals surface area contributed by atoms with E-state index >= 15 is 0 Å². The smallest absolute Gasteiger partial charge is 0.262 e. The molecule has 2 aromatic carbocycles. The molecule has 7 heteroatoms. The van der Waals surface area contributed by atoms with Crippen LogP contribution < -0.4 is 5.32 Å². The predicted molar refractivity (Wildman–Crippen MR) is 116 cm³/mol. The highest BCUT2D eigenvalue weighted by Gasteiger charge is 2.36. The lowest BCUT2D eigenvalue weighted by molar-refractivity contribution is -0.121. The third-order valence-corrected chi connectivity index (χ3v) is 5.60. The van der Waals surface area contributed by atoms with E-state index < -0.39 is 11.8 Å². The van der Waals surface area contributed by atoms with E-state index in [0.29, 0.717) is 17.7 Å². The van der Waals surface area contributed by atoms with E-state index in [-0.39, 0.29) is 19.0 Å². The van der Waals surface area contributed by atoms with Gasteiger partial charge in [-0.15, -0.1) is 0 Å². The average molecular weight is 416 g/mol. The van der Waals surface area contributed by atoms with E-state index in [1.165, 1.54) is 0 Å². The standard InChI is InChI=1S/C24H24N4O3/c1-15-9-10-19-20(11-15)24(31)27(23(19)30)14-22(29)25-12-21-16(2)26-28(17(21)3)13-18-7-5-4-6-8-18/h4-11H,12-14H2,1-3H3,(H,25,29). The number of aryl methyl sites for hydroxylation is 2. The number of carbonyl (C=O) groups excluding carboxylic acids is 3. The minimum Gasteiger partial charge on any atom is -0.350 e. The Kier molecular flexibility index (Phi) is 5.42. The topological polar surface area (TPSA) is 84.3 Å². The Bertz CT molecular complexity index is 1180. The number of amides is 3. The Morgan fingerprint density at radius 1 is 0.968 bits per heavy atom. The second kappa shape index (κ2) is 8.18. The van der Waals surface area contributed by atoms with Crippen LogP contribution in [0.5, 0.6) is 0 Å². The van der Waals surface area contributed by atoms with Gasteiger partial charge in [0.1, 0.15) is 6.54 Å². The maximum Gasteiger partial charge on any atom is 0.262 e. The molecule has 158 valence electrons. The summed E-state index contributed by atoms with van der Waals surface area (Å²) in [6, 6.07) is 15.1. The molecule has 0 aliphatic carbocycles. The molecule has 0 atom stereocenters. The second-order valence-corrected chi connectivity index (χ2v) is 7.81. The second-order valence-electron chi connectivity index (χ2n) is 7.81. The Hall–Kier alpha value is -3.74. The highest BCUT2D eigenvalue weighted by atomic mass is 16.2. The van der Waals surface area contributed by atoms with Gasteiger partial charge in [-0.3, -0.25) is 24.0 Å². The van der Waals surface area contributed by atoms with E-state index in [1.807, 2.05) is 55.8 Å². The van der Waals surface area contributed by atoms with E-state index in [2.05, 4.69) is 10.4 Å². The van der Waals surface area contributed by atoms with E-state index in [0.717, 1.165) is 33.0 Å². The summed E-state index contributed by atoms with van der Waals surface area (Å²) in [5, 5.41) is 7.42. The van der Waals surface area contributed by atoms with Crippen molar-refractivity contribution in [3.05, 3.63) is 87.7 Å². The van der Waals surface area contributed by atoms with Gasteiger partial charge in [-0.05, 0) is 38.5 Å². The first-order valence-electron chi connectivity index (χ1n) is 10.2. The first kappa shape index (κ1) is 20.5. The molecule has 1 N–H and O–H groups in total. The quantitative estimate of drug-likeness (QED) is 0.627. The van der Waals surface area contributed by atoms with Crippen molar-refractivity contribution in [2.24, 2.45) is 0 Å². The zero-order valence-electron chi connectivity index (χ0n) is 17.8. The van der Waals surface area contributed by atoms with Gasteiger partial charge in [0, 0.05) is 17.8 Å². The molecular weight excluding hydrogens is 392 g/mol. The minimum atomic E-state index is -0.432. The first-order valence-corrected chi connectivity index (χ1v) is 10.2. The van der Waals surface area contributed by atoms with Gasteiger partial charge in [-0.25, -0.2) is 0 Å². The largest absolute Gasteiger partial charge is 0.350 e. The molecule has 1 aliphatic rings. The summed E-state index contributed by atoms with van der Waals surface area (Å²) in [4.78, 5) is 38.6. The van der Waals surface area contributed by atoms with Gasteiger partial charge in [-0.1, -0.05) is 42.0 Å². The summed E-state index contributed by atoms with van der Waals surface area (Å²) in [5.74, 6) is -1.25. The van der Waals surface area contributed by atoms with E-state index in [9.17, 15) is 14.4 Å². The number of hydrogen-bond donors (Lipinski definition) is 1. The van der Waals surface area contributed by atoms with Crippen LogP contribution in [-0.2, 0) is 17.9 Å². The summed E-state index contributed by atoms with van der Waals surface area (Å²) in [6.07, 6.45) is 0. The maximum atomic E-state index is 12.6. The number of rotatable bonds is 6. The summed E-state index contributed by atoms with van der Waals surface area (Å²) in [5.41, 5.74) is 5.48. The van der Waals surface area contributed by atoms with Gasteiger partial charge in [0.25, 0.3) is 11.8 Å². The van der Waals surface area contributed by atoms with Gasteiger partial charge < -0.3 is 5.32 Å². The fourth-order valence-corrected chi connectivity index (χ4v) is 3.83. The number of nitrogens with one attached hydrogen (secondary N) is 1. The van der Waals surface area contributed by atoms with Crippen molar-refractivity contribution in [3.8, 4) is 0 Å². The summed E-state index contributed by atoms with van der Waals surface area (Å²) in [6.45, 7) is 6.36. The molecule has 2 heterocycles. The summed E-state index contributed by atoms with van der Waals surface area (Å²) >= 11 is 0. The number of carbonyl (C=O) groups is 3. The third-order valence-electron chi connectivity index (χ3n) is 5.60. The van der Waals surface area contributed by atoms with E-state index in [1.54, 1.807) is 18.2 Å². The van der Waals surface area contributed by atoms with Crippen molar-refractivity contribution >= 4 is 17.7 Å². The van der Waals surface area contributed by atoms with Gasteiger partial charge in [0.15, 0.2) is 0 Å². The Labute approximate surface area is 180 Å². The van der Waals surface area contributed by atoms with Crippen molar-refractivity contribution in [2.75, 3.05) is 6.54 Å². The van der Waals surface area contributed by atoms with Crippen LogP contribution in [0.4, 0.5) is 0 Å². The molecule has 0 bridgehead atoms. The van der Waals surface area contributed by atoms with Gasteiger partial charge in [-0.2, -0.15) is 5.10 Å². The number of imide groups is 1. The Morgan fingerprint density at radius 3 is 2.42 bits per heavy atom. The van der Waals surface area contributed by atoms with Crippen molar-refractivity contribution in [3.63, 3.8) is 0 Å². The van der Waals surface area contributed by atoms with Crippen LogP contribution in [0.3, 0.4) is 0 Å². The number of benzene rings is 2. The lowest BCUT2D eigenvalue weighted by Gasteiger charge is -2.14. The predicted octanol–water partition coefficient (Wildman–Crippen LogP) is 2.77. The van der Waals surface area contributed by atoms with Crippen LogP contribution in [0.25, 0.3) is 0 Å². The maximum absolute atomic E-state index is 12.6. The van der Waals surface area contributed by atoms with Crippen LogP contribution in [0.1, 0.15) is 48.8 Å². The van der Waals surface area contributed by atoms with Crippen LogP contribution in [-0.4, -0.2) is 38.9 Å². The monoisotopic (exact) mass is 416 g/mol. The fourth-order valence-electron chi connectivity index (χ4n) is 3.83. The number of fused-ring (bicyclic) bond motifs is 1. The van der Waals surface area contributed by atoms with Crippen molar-refractivity contribution in [1.82, 2.24) is 20.0 Å². The van der Waals surface area contributed by atoms with Crippen molar-refractivity contribution in [2.45, 2.75) is 33.9 Å².